The van der Waals surface area contributed by atoms with Crippen LogP contribution in [-0.2, 0) is 4.79 Å². The van der Waals surface area contributed by atoms with Gasteiger partial charge in [0.1, 0.15) is 0 Å². The van der Waals surface area contributed by atoms with E-state index in [1.807, 2.05) is 12.1 Å². The fraction of sp³-hybridized carbons (Fsp3) is 0.611. The van der Waals surface area contributed by atoms with Crippen molar-refractivity contribution in [2.45, 2.75) is 45.1 Å². The highest BCUT2D eigenvalue weighted by Crippen LogP contribution is 2.24. The zero-order valence-corrected chi connectivity index (χ0v) is 13.5. The lowest BCUT2D eigenvalue weighted by Gasteiger charge is -2.32. The lowest BCUT2D eigenvalue weighted by Crippen LogP contribution is -2.32. The van der Waals surface area contributed by atoms with Gasteiger partial charge in [-0.15, -0.1) is 0 Å². The van der Waals surface area contributed by atoms with Gasteiger partial charge in [-0.05, 0) is 55.9 Å². The van der Waals surface area contributed by atoms with E-state index >= 15 is 0 Å². The molecule has 0 atom stereocenters. The molecule has 2 fully saturated rings. The Morgan fingerprint density at radius 2 is 1.82 bits per heavy atom. The molecule has 3 rings (SSSR count). The van der Waals surface area contributed by atoms with Crippen molar-refractivity contribution in [2.75, 3.05) is 29.9 Å². The van der Waals surface area contributed by atoms with Gasteiger partial charge < -0.3 is 15.5 Å². The predicted octanol–water partition coefficient (Wildman–Crippen LogP) is 3.00. The van der Waals surface area contributed by atoms with Gasteiger partial charge in [-0.2, -0.15) is 0 Å². The summed E-state index contributed by atoms with van der Waals surface area (Å²) in [7, 11) is 0. The zero-order chi connectivity index (χ0) is 15.4. The van der Waals surface area contributed by atoms with Crippen LogP contribution in [0.5, 0.6) is 0 Å². The van der Waals surface area contributed by atoms with Gasteiger partial charge in [-0.1, -0.05) is 6.92 Å². The van der Waals surface area contributed by atoms with Gasteiger partial charge in [0.05, 0.1) is 0 Å². The summed E-state index contributed by atoms with van der Waals surface area (Å²) in [6.45, 7) is 5.38. The fourth-order valence-electron chi connectivity index (χ4n) is 2.92. The Labute approximate surface area is 133 Å². The maximum Gasteiger partial charge on any atom is 0.225 e. The number of carbonyl (C=O) groups excluding carboxylic acids is 1. The van der Waals surface area contributed by atoms with Crippen molar-refractivity contribution < 1.29 is 4.79 Å². The number of carbonyl (C=O) groups is 1. The third kappa shape index (κ3) is 4.47. The van der Waals surface area contributed by atoms with Crippen LogP contribution >= 0.6 is 0 Å². The summed E-state index contributed by atoms with van der Waals surface area (Å²) in [5, 5.41) is 6.34. The summed E-state index contributed by atoms with van der Waals surface area (Å²) in [6, 6.07) is 8.93. The Balaban J connectivity index is 1.45. The van der Waals surface area contributed by atoms with Crippen molar-refractivity contribution in [2.24, 2.45) is 5.92 Å². The highest BCUT2D eigenvalue weighted by molar-refractivity contribution is 5.91. The topological polar surface area (TPSA) is 44.4 Å². The molecule has 22 heavy (non-hydrogen) atoms. The first-order chi connectivity index (χ1) is 10.7. The lowest BCUT2D eigenvalue weighted by molar-refractivity contribution is -0.116. The van der Waals surface area contributed by atoms with E-state index in [9.17, 15) is 4.79 Å². The molecule has 0 aromatic heterocycles. The van der Waals surface area contributed by atoms with E-state index in [0.29, 0.717) is 12.5 Å². The first-order valence-corrected chi connectivity index (χ1v) is 8.59. The lowest BCUT2D eigenvalue weighted by atomic mass is 9.99. The molecule has 0 spiro atoms. The van der Waals surface area contributed by atoms with Crippen LogP contribution in [-0.4, -0.2) is 31.6 Å². The van der Waals surface area contributed by atoms with Crippen LogP contribution in [0.3, 0.4) is 0 Å². The number of benzene rings is 1. The molecule has 0 unspecified atom stereocenters. The van der Waals surface area contributed by atoms with Crippen LogP contribution in [0.15, 0.2) is 24.3 Å². The molecular formula is C18H27N3O. The Morgan fingerprint density at radius 1 is 1.14 bits per heavy atom. The second kappa shape index (κ2) is 7.14. The minimum Gasteiger partial charge on any atom is -0.372 e. The molecule has 2 N–H and O–H groups in total. The molecule has 1 aromatic rings. The third-order valence-electron chi connectivity index (χ3n) is 4.66. The summed E-state index contributed by atoms with van der Waals surface area (Å²) >= 11 is 0. The van der Waals surface area contributed by atoms with Crippen LogP contribution in [0.4, 0.5) is 11.4 Å². The number of nitrogens with zero attached hydrogens (tertiary/aromatic N) is 1. The molecule has 1 amide bonds. The first kappa shape index (κ1) is 15.3. The second-order valence-electron chi connectivity index (χ2n) is 6.74. The molecule has 1 heterocycles. The van der Waals surface area contributed by atoms with Crippen LogP contribution in [0.25, 0.3) is 0 Å². The van der Waals surface area contributed by atoms with Crippen LogP contribution in [0, 0.1) is 5.92 Å². The standard InChI is InChI=1S/C18H27N3O/c1-14-9-12-21(13-10-14)17-6-4-16(5-7-17)20-18(22)8-11-19-15-2-3-15/h4-7,14-15,19H,2-3,8-13H2,1H3,(H,20,22). The maximum atomic E-state index is 11.9. The summed E-state index contributed by atoms with van der Waals surface area (Å²) in [6.07, 6.45) is 5.61. The van der Waals surface area contributed by atoms with Gasteiger partial charge in [0.25, 0.3) is 0 Å². The zero-order valence-electron chi connectivity index (χ0n) is 13.5. The Bertz CT molecular complexity index is 488. The number of anilines is 2. The fourth-order valence-corrected chi connectivity index (χ4v) is 2.92. The molecule has 1 saturated heterocycles. The largest absolute Gasteiger partial charge is 0.372 e. The molecule has 4 nitrogen and oxygen atoms in total. The van der Waals surface area contributed by atoms with Crippen molar-refractivity contribution >= 4 is 17.3 Å². The van der Waals surface area contributed by atoms with Gasteiger partial charge in [0.15, 0.2) is 0 Å². The molecule has 4 heteroatoms. The van der Waals surface area contributed by atoms with Crippen molar-refractivity contribution in [1.29, 1.82) is 0 Å². The van der Waals surface area contributed by atoms with E-state index in [4.69, 9.17) is 0 Å². The number of amides is 1. The van der Waals surface area contributed by atoms with Gasteiger partial charge in [-0.25, -0.2) is 0 Å². The summed E-state index contributed by atoms with van der Waals surface area (Å²) < 4.78 is 0. The average Bonchev–Trinajstić information content (AvgIpc) is 3.33. The van der Waals surface area contributed by atoms with Gasteiger partial charge >= 0.3 is 0 Å². The van der Waals surface area contributed by atoms with Gasteiger partial charge in [0.2, 0.25) is 5.91 Å². The molecule has 0 bridgehead atoms. The molecule has 1 aliphatic carbocycles. The molecule has 1 saturated carbocycles. The predicted molar refractivity (Wildman–Crippen MR) is 91.3 cm³/mol. The first-order valence-electron chi connectivity index (χ1n) is 8.59. The normalized spacial score (nSPS) is 19.2. The summed E-state index contributed by atoms with van der Waals surface area (Å²) in [4.78, 5) is 14.3. The quantitative estimate of drug-likeness (QED) is 0.849. The third-order valence-corrected chi connectivity index (χ3v) is 4.66. The van der Waals surface area contributed by atoms with E-state index in [2.05, 4.69) is 34.6 Å². The number of rotatable bonds is 6. The van der Waals surface area contributed by atoms with E-state index in [1.54, 1.807) is 0 Å². The summed E-state index contributed by atoms with van der Waals surface area (Å²) in [5.41, 5.74) is 2.16. The van der Waals surface area contributed by atoms with Crippen LogP contribution in [0.2, 0.25) is 0 Å². The Morgan fingerprint density at radius 3 is 2.45 bits per heavy atom. The number of hydrogen-bond acceptors (Lipinski definition) is 3. The van der Waals surface area contributed by atoms with E-state index in [1.165, 1.54) is 31.4 Å². The van der Waals surface area contributed by atoms with E-state index < -0.39 is 0 Å². The van der Waals surface area contributed by atoms with E-state index in [0.717, 1.165) is 31.2 Å². The second-order valence-corrected chi connectivity index (χ2v) is 6.74. The molecule has 1 aromatic carbocycles. The molecule has 2 aliphatic rings. The Hall–Kier alpha value is -1.55. The minimum atomic E-state index is 0.0905. The molecule has 1 aliphatic heterocycles. The van der Waals surface area contributed by atoms with Gasteiger partial charge in [-0.3, -0.25) is 4.79 Å². The van der Waals surface area contributed by atoms with Crippen LogP contribution < -0.4 is 15.5 Å². The van der Waals surface area contributed by atoms with Crippen molar-refractivity contribution in [1.82, 2.24) is 5.32 Å². The van der Waals surface area contributed by atoms with Crippen molar-refractivity contribution in [3.63, 3.8) is 0 Å². The van der Waals surface area contributed by atoms with Crippen molar-refractivity contribution in [3.05, 3.63) is 24.3 Å². The van der Waals surface area contributed by atoms with Crippen LogP contribution in [0.1, 0.15) is 39.0 Å². The maximum absolute atomic E-state index is 11.9. The smallest absolute Gasteiger partial charge is 0.225 e. The number of hydrogen-bond donors (Lipinski definition) is 2. The summed E-state index contributed by atoms with van der Waals surface area (Å²) in [5.74, 6) is 0.937. The van der Waals surface area contributed by atoms with E-state index in [-0.39, 0.29) is 5.91 Å². The SMILES string of the molecule is CC1CCN(c2ccc(NC(=O)CCNC3CC3)cc2)CC1. The molecule has 0 radical (unpaired) electrons. The number of piperidine rings is 1. The highest BCUT2D eigenvalue weighted by atomic mass is 16.1. The average molecular weight is 301 g/mol. The monoisotopic (exact) mass is 301 g/mol. The highest BCUT2D eigenvalue weighted by Gasteiger charge is 2.20. The van der Waals surface area contributed by atoms with Crippen molar-refractivity contribution in [3.8, 4) is 0 Å². The Kier molecular flexibility index (Phi) is 4.98. The molecule has 120 valence electrons. The van der Waals surface area contributed by atoms with Gasteiger partial charge in [0, 0.05) is 43.5 Å². The number of nitrogens with one attached hydrogen (secondary N) is 2. The minimum absolute atomic E-state index is 0.0905. The molecular weight excluding hydrogens is 274 g/mol.